The number of carboxylic acid groups (broad SMARTS) is 1. The molecule has 0 bridgehead atoms. The highest BCUT2D eigenvalue weighted by atomic mass is 32.1. The van der Waals surface area contributed by atoms with E-state index in [1.54, 1.807) is 5.94 Å². The van der Waals surface area contributed by atoms with Gasteiger partial charge < -0.3 is 20.9 Å². The number of hydrogen-bond donors (Lipinski definition) is 3. The summed E-state index contributed by atoms with van der Waals surface area (Å²) in [6.45, 7) is 0.456. The van der Waals surface area contributed by atoms with Gasteiger partial charge in [0.25, 0.3) is 0 Å². The highest BCUT2D eigenvalue weighted by Crippen LogP contribution is 2.58. The number of carbonyl (C=O) groups is 3. The minimum absolute atomic E-state index is 0.0223. The third-order valence-corrected chi connectivity index (χ3v) is 6.23. The molecular weight excluding hydrogens is 440 g/mol. The molecule has 32 heavy (non-hydrogen) atoms. The Morgan fingerprint density at radius 3 is 2.44 bits per heavy atom. The summed E-state index contributed by atoms with van der Waals surface area (Å²) < 4.78 is 5.68. The number of Topliss-reactive ketones (excluding diaryl/α,β-unsaturated/α-hetero) is 1. The van der Waals surface area contributed by atoms with Crippen molar-refractivity contribution >= 4 is 40.9 Å². The van der Waals surface area contributed by atoms with E-state index in [-0.39, 0.29) is 34.8 Å². The van der Waals surface area contributed by atoms with E-state index in [1.165, 1.54) is 14.0 Å². The molecule has 0 radical (unpaired) electrons. The first-order valence-corrected chi connectivity index (χ1v) is 10.5. The van der Waals surface area contributed by atoms with Gasteiger partial charge in [-0.25, -0.2) is 24.2 Å². The molecular formula is C21H24N2O8S. The summed E-state index contributed by atoms with van der Waals surface area (Å²) in [6, 6.07) is 0. The highest BCUT2D eigenvalue weighted by molar-refractivity contribution is 7.80. The van der Waals surface area contributed by atoms with Gasteiger partial charge in [0.2, 0.25) is 5.60 Å². The van der Waals surface area contributed by atoms with E-state index in [0.29, 0.717) is 36.2 Å². The number of esters is 1. The number of nitrogens with one attached hydrogen (secondary N) is 1. The lowest BCUT2D eigenvalue weighted by atomic mass is 9.87. The molecule has 3 aliphatic rings. The fraction of sp³-hybridized carbons (Fsp3) is 0.524. The van der Waals surface area contributed by atoms with Gasteiger partial charge >= 0.3 is 11.9 Å². The molecule has 11 heteroatoms. The number of likely N-dealkylation sites (N-methyl/N-ethyl adjacent to an activating group) is 1. The first-order valence-electron chi connectivity index (χ1n) is 10.1. The predicted molar refractivity (Wildman–Crippen MR) is 114 cm³/mol. The molecule has 10 nitrogen and oxygen atoms in total. The predicted octanol–water partition coefficient (Wildman–Crippen LogP) is 0.681. The molecule has 1 unspecified atom stereocenters. The number of aliphatic carboxylic acids is 1. The van der Waals surface area contributed by atoms with Crippen LogP contribution in [0, 0.1) is 5.92 Å². The summed E-state index contributed by atoms with van der Waals surface area (Å²) in [5.74, 6) is -0.677. The average molecular weight is 464 g/mol. The lowest BCUT2D eigenvalue weighted by Crippen LogP contribution is -2.39. The highest BCUT2D eigenvalue weighted by Gasteiger charge is 2.67. The molecule has 0 heterocycles. The maximum absolute atomic E-state index is 13.3. The number of thiocarbonyl (C=S) groups is 1. The number of carboxylic acids is 1. The van der Waals surface area contributed by atoms with Crippen LogP contribution in [0.1, 0.15) is 39.0 Å². The van der Waals surface area contributed by atoms with Crippen LogP contribution >= 0.6 is 12.2 Å². The normalized spacial score (nSPS) is 26.8. The standard InChI is InChI=1S/C21H24N2O8S/c1-10(25)16-17-14(7-12(8-24)18(16)23-2)21(17,31-29-9-15(26)27)20(28)30-13-5-3-11(4-6-13)19(22)32/h11,13,23H,3-7,9H2,1-2H3,(H2,22,32)(H,26,27)/t11-,13-,21?. The SMILES string of the molecule is CNC1=C(C(C)=O)C2=C(CC1=C=O)C2(OOCC(=O)O)C(=O)O[C@H]1CC[C@H](C(N)=S)CC1. The van der Waals surface area contributed by atoms with Crippen LogP contribution in [0.3, 0.4) is 0 Å². The van der Waals surface area contributed by atoms with Crippen molar-refractivity contribution in [1.29, 1.82) is 0 Å². The second-order valence-corrected chi connectivity index (χ2v) is 8.34. The number of ketones is 1. The summed E-state index contributed by atoms with van der Waals surface area (Å²) in [6.07, 6.45) is 1.98. The monoisotopic (exact) mass is 464 g/mol. The van der Waals surface area contributed by atoms with E-state index in [0.717, 1.165) is 0 Å². The molecule has 0 aromatic rings. The number of ether oxygens (including phenoxy) is 1. The third kappa shape index (κ3) is 4.24. The zero-order chi connectivity index (χ0) is 23.6. The van der Waals surface area contributed by atoms with Gasteiger partial charge in [-0.2, -0.15) is 0 Å². The van der Waals surface area contributed by atoms with Gasteiger partial charge in [-0.1, -0.05) is 12.2 Å². The van der Waals surface area contributed by atoms with E-state index in [4.69, 9.17) is 37.6 Å². The first-order chi connectivity index (χ1) is 15.2. The van der Waals surface area contributed by atoms with Gasteiger partial charge in [-0.15, -0.1) is 0 Å². The number of allylic oxidation sites excluding steroid dienone is 1. The summed E-state index contributed by atoms with van der Waals surface area (Å²) in [7, 11) is 1.53. The summed E-state index contributed by atoms with van der Waals surface area (Å²) in [4.78, 5) is 58.6. The Morgan fingerprint density at radius 1 is 1.28 bits per heavy atom. The molecule has 4 N–H and O–H groups in total. The Hall–Kier alpha value is -2.85. The number of nitrogens with two attached hydrogens (primary N) is 1. The molecule has 0 aromatic carbocycles. The quantitative estimate of drug-likeness (QED) is 0.145. The van der Waals surface area contributed by atoms with Gasteiger partial charge in [0.05, 0.1) is 16.3 Å². The van der Waals surface area contributed by atoms with Crippen LogP contribution in [0.4, 0.5) is 0 Å². The third-order valence-electron chi connectivity index (χ3n) is 5.90. The van der Waals surface area contributed by atoms with Gasteiger partial charge in [-0.3, -0.25) is 4.79 Å². The van der Waals surface area contributed by atoms with Crippen LogP contribution in [0.25, 0.3) is 0 Å². The van der Waals surface area contributed by atoms with Crippen LogP contribution in [-0.2, 0) is 33.7 Å². The maximum atomic E-state index is 13.3. The molecule has 3 rings (SSSR count). The van der Waals surface area contributed by atoms with Crippen LogP contribution in [-0.4, -0.2) is 59.1 Å². The molecule has 0 aliphatic heterocycles. The minimum atomic E-state index is -1.89. The van der Waals surface area contributed by atoms with Crippen LogP contribution in [0.2, 0.25) is 0 Å². The fourth-order valence-corrected chi connectivity index (χ4v) is 4.56. The van der Waals surface area contributed by atoms with Crippen molar-refractivity contribution in [3.63, 3.8) is 0 Å². The Bertz CT molecular complexity index is 986. The van der Waals surface area contributed by atoms with Gasteiger partial charge in [-0.05, 0) is 38.2 Å². The largest absolute Gasteiger partial charge is 0.479 e. The molecule has 1 saturated carbocycles. The fourth-order valence-electron chi connectivity index (χ4n) is 4.33. The zero-order valence-corrected chi connectivity index (χ0v) is 18.5. The molecule has 0 spiro atoms. The van der Waals surface area contributed by atoms with E-state index in [1.807, 2.05) is 0 Å². The van der Waals surface area contributed by atoms with Gasteiger partial charge in [0, 0.05) is 30.5 Å². The van der Waals surface area contributed by atoms with Crippen LogP contribution in [0.15, 0.2) is 28.0 Å². The topological polar surface area (TPSA) is 154 Å². The van der Waals surface area contributed by atoms with Crippen molar-refractivity contribution in [3.05, 3.63) is 28.0 Å². The summed E-state index contributed by atoms with van der Waals surface area (Å²) in [5, 5.41) is 11.7. The van der Waals surface area contributed by atoms with Crippen molar-refractivity contribution in [2.45, 2.75) is 50.7 Å². The lowest BCUT2D eigenvalue weighted by molar-refractivity contribution is -0.324. The second kappa shape index (κ2) is 9.33. The van der Waals surface area contributed by atoms with Crippen molar-refractivity contribution < 1.29 is 38.8 Å². The van der Waals surface area contributed by atoms with Crippen molar-refractivity contribution in [2.24, 2.45) is 11.7 Å². The molecule has 172 valence electrons. The number of carbonyl (C=O) groups excluding carboxylic acids is 3. The van der Waals surface area contributed by atoms with Crippen molar-refractivity contribution in [2.75, 3.05) is 13.7 Å². The Morgan fingerprint density at radius 2 is 1.94 bits per heavy atom. The molecule has 0 saturated heterocycles. The van der Waals surface area contributed by atoms with Gasteiger partial charge in [0.1, 0.15) is 12.0 Å². The zero-order valence-electron chi connectivity index (χ0n) is 17.7. The van der Waals surface area contributed by atoms with Gasteiger partial charge in [0.15, 0.2) is 12.4 Å². The second-order valence-electron chi connectivity index (χ2n) is 7.87. The minimum Gasteiger partial charge on any atom is -0.479 e. The smallest absolute Gasteiger partial charge is 0.351 e. The summed E-state index contributed by atoms with van der Waals surface area (Å²) >= 11 is 5.03. The van der Waals surface area contributed by atoms with Crippen LogP contribution in [0.5, 0.6) is 0 Å². The van der Waals surface area contributed by atoms with Crippen molar-refractivity contribution in [3.8, 4) is 0 Å². The van der Waals surface area contributed by atoms with E-state index < -0.39 is 36.0 Å². The number of hydrogen-bond acceptors (Lipinski definition) is 9. The van der Waals surface area contributed by atoms with E-state index >= 15 is 0 Å². The maximum Gasteiger partial charge on any atom is 0.351 e. The van der Waals surface area contributed by atoms with E-state index in [9.17, 15) is 19.2 Å². The molecule has 0 aromatic heterocycles. The average Bonchev–Trinajstić information content (AvgIpc) is 3.39. The molecule has 1 fully saturated rings. The van der Waals surface area contributed by atoms with E-state index in [2.05, 4.69) is 5.32 Å². The Balaban J connectivity index is 1.87. The molecule has 1 atom stereocenters. The Labute approximate surface area is 189 Å². The lowest BCUT2D eigenvalue weighted by Gasteiger charge is -2.29. The summed E-state index contributed by atoms with van der Waals surface area (Å²) in [5.41, 5.74) is 4.81. The molecule has 0 amide bonds. The first kappa shape index (κ1) is 23.8. The Kier molecular flexibility index (Phi) is 6.94. The number of rotatable bonds is 9. The van der Waals surface area contributed by atoms with Crippen molar-refractivity contribution in [1.82, 2.24) is 5.32 Å². The van der Waals surface area contributed by atoms with Crippen LogP contribution < -0.4 is 11.1 Å². The molecule has 3 aliphatic carbocycles.